The Balaban J connectivity index is 1.85. The second-order valence-electron chi connectivity index (χ2n) is 5.75. The number of likely N-dealkylation sites (tertiary alicyclic amines) is 2. The molecule has 2 saturated heterocycles. The highest BCUT2D eigenvalue weighted by Crippen LogP contribution is 2.22. The minimum Gasteiger partial charge on any atom is -0.341 e. The predicted molar refractivity (Wildman–Crippen MR) is 70.3 cm³/mol. The number of carbonyl (C=O) groups excluding carboxylic acids is 2. The Labute approximate surface area is 109 Å². The lowest BCUT2D eigenvalue weighted by molar-refractivity contribution is -0.136. The number of piperidine rings is 2. The number of hydrogen-bond acceptors (Lipinski definition) is 3. The van der Waals surface area contributed by atoms with Gasteiger partial charge in [0.05, 0.1) is 6.54 Å². The fourth-order valence-electron chi connectivity index (χ4n) is 2.92. The van der Waals surface area contributed by atoms with Crippen molar-refractivity contribution < 1.29 is 9.59 Å². The van der Waals surface area contributed by atoms with Crippen molar-refractivity contribution in [2.45, 2.75) is 45.6 Å². The summed E-state index contributed by atoms with van der Waals surface area (Å²) in [6, 6.07) is 0.495. The van der Waals surface area contributed by atoms with Gasteiger partial charge < -0.3 is 4.90 Å². The highest BCUT2D eigenvalue weighted by molar-refractivity contribution is 5.84. The lowest BCUT2D eigenvalue weighted by atomic mass is 9.92. The van der Waals surface area contributed by atoms with Crippen molar-refractivity contribution in [1.29, 1.82) is 0 Å². The zero-order valence-electron chi connectivity index (χ0n) is 11.5. The summed E-state index contributed by atoms with van der Waals surface area (Å²) in [7, 11) is 0. The first-order chi connectivity index (χ1) is 8.58. The second-order valence-corrected chi connectivity index (χ2v) is 5.75. The van der Waals surface area contributed by atoms with Crippen LogP contribution in [0, 0.1) is 5.92 Å². The van der Waals surface area contributed by atoms with Crippen molar-refractivity contribution in [1.82, 2.24) is 9.80 Å². The average molecular weight is 252 g/mol. The molecule has 0 aromatic heterocycles. The van der Waals surface area contributed by atoms with Crippen molar-refractivity contribution in [2.75, 3.05) is 26.2 Å². The normalized spacial score (nSPS) is 30.6. The van der Waals surface area contributed by atoms with E-state index in [2.05, 4.69) is 18.7 Å². The molecule has 0 aromatic carbocycles. The van der Waals surface area contributed by atoms with E-state index in [4.69, 9.17) is 0 Å². The van der Waals surface area contributed by atoms with Crippen LogP contribution in [0.4, 0.5) is 0 Å². The summed E-state index contributed by atoms with van der Waals surface area (Å²) in [5.41, 5.74) is 0. The molecule has 2 atom stereocenters. The number of amides is 1. The Morgan fingerprint density at radius 3 is 2.56 bits per heavy atom. The van der Waals surface area contributed by atoms with Crippen LogP contribution in [0.15, 0.2) is 0 Å². The molecule has 0 aliphatic carbocycles. The van der Waals surface area contributed by atoms with Crippen molar-refractivity contribution >= 4 is 11.7 Å². The minimum atomic E-state index is 0.198. The van der Waals surface area contributed by atoms with Crippen molar-refractivity contribution in [3.63, 3.8) is 0 Å². The third kappa shape index (κ3) is 3.10. The molecule has 0 radical (unpaired) electrons. The van der Waals surface area contributed by atoms with E-state index in [1.807, 2.05) is 4.90 Å². The molecule has 0 N–H and O–H groups in total. The lowest BCUT2D eigenvalue weighted by Gasteiger charge is -2.38. The molecule has 0 saturated carbocycles. The number of Topliss-reactive ketones (excluding diaryl/α,β-unsaturated/α-hetero) is 1. The molecule has 2 fully saturated rings. The highest BCUT2D eigenvalue weighted by atomic mass is 16.2. The van der Waals surface area contributed by atoms with Crippen LogP contribution in [-0.4, -0.2) is 53.7 Å². The number of hydrogen-bond donors (Lipinski definition) is 0. The van der Waals surface area contributed by atoms with Gasteiger partial charge in [-0.15, -0.1) is 0 Å². The van der Waals surface area contributed by atoms with Gasteiger partial charge in [-0.2, -0.15) is 0 Å². The summed E-state index contributed by atoms with van der Waals surface area (Å²) >= 11 is 0. The Kier molecular flexibility index (Phi) is 4.38. The maximum absolute atomic E-state index is 12.2. The fraction of sp³-hybridized carbons (Fsp3) is 0.857. The topological polar surface area (TPSA) is 40.6 Å². The maximum atomic E-state index is 12.2. The molecule has 18 heavy (non-hydrogen) atoms. The summed E-state index contributed by atoms with van der Waals surface area (Å²) in [5, 5.41) is 0. The summed E-state index contributed by atoms with van der Waals surface area (Å²) in [6.45, 7) is 7.28. The van der Waals surface area contributed by atoms with Crippen LogP contribution in [-0.2, 0) is 9.59 Å². The van der Waals surface area contributed by atoms with Gasteiger partial charge in [0.1, 0.15) is 5.78 Å². The third-order valence-corrected chi connectivity index (χ3v) is 4.52. The lowest BCUT2D eigenvalue weighted by Crippen LogP contribution is -2.49. The van der Waals surface area contributed by atoms with Crippen molar-refractivity contribution in [3.8, 4) is 0 Å². The first kappa shape index (κ1) is 13.5. The number of carbonyl (C=O) groups is 2. The van der Waals surface area contributed by atoms with E-state index < -0.39 is 0 Å². The van der Waals surface area contributed by atoms with Crippen LogP contribution in [0.3, 0.4) is 0 Å². The van der Waals surface area contributed by atoms with Gasteiger partial charge >= 0.3 is 0 Å². The van der Waals surface area contributed by atoms with E-state index in [0.717, 1.165) is 6.54 Å². The summed E-state index contributed by atoms with van der Waals surface area (Å²) in [4.78, 5) is 27.5. The van der Waals surface area contributed by atoms with Crippen LogP contribution in [0.1, 0.15) is 39.5 Å². The zero-order valence-corrected chi connectivity index (χ0v) is 11.5. The quantitative estimate of drug-likeness (QED) is 0.744. The van der Waals surface area contributed by atoms with Gasteiger partial charge in [0.2, 0.25) is 5.91 Å². The average Bonchev–Trinajstić information content (AvgIpc) is 2.36. The zero-order chi connectivity index (χ0) is 13.1. The largest absolute Gasteiger partial charge is 0.341 e. The van der Waals surface area contributed by atoms with Gasteiger partial charge in [-0.25, -0.2) is 0 Å². The second kappa shape index (κ2) is 5.83. The molecular weight excluding hydrogens is 228 g/mol. The molecule has 0 bridgehead atoms. The van der Waals surface area contributed by atoms with E-state index in [-0.39, 0.29) is 5.91 Å². The SMILES string of the molecule is CC1CCCN(CC(=O)N2CCC(=O)CC2)C1C. The molecule has 2 unspecified atom stereocenters. The molecular formula is C14H24N2O2. The van der Waals surface area contributed by atoms with Crippen molar-refractivity contribution in [3.05, 3.63) is 0 Å². The highest BCUT2D eigenvalue weighted by Gasteiger charge is 2.28. The van der Waals surface area contributed by atoms with E-state index in [0.29, 0.717) is 50.2 Å². The molecule has 4 heteroatoms. The van der Waals surface area contributed by atoms with Gasteiger partial charge in [-0.05, 0) is 32.2 Å². The monoisotopic (exact) mass is 252 g/mol. The molecule has 1 amide bonds. The molecule has 2 aliphatic rings. The predicted octanol–water partition coefficient (Wildman–Crippen LogP) is 1.30. The van der Waals surface area contributed by atoms with Crippen LogP contribution < -0.4 is 0 Å². The summed E-state index contributed by atoms with van der Waals surface area (Å²) < 4.78 is 0. The Morgan fingerprint density at radius 2 is 1.89 bits per heavy atom. The summed E-state index contributed by atoms with van der Waals surface area (Å²) in [5.74, 6) is 1.16. The molecule has 102 valence electrons. The van der Waals surface area contributed by atoms with Gasteiger partial charge in [-0.1, -0.05) is 6.92 Å². The van der Waals surface area contributed by atoms with Crippen LogP contribution in [0.25, 0.3) is 0 Å². The van der Waals surface area contributed by atoms with Crippen LogP contribution in [0.5, 0.6) is 0 Å². The Hall–Kier alpha value is -0.900. The number of ketones is 1. The maximum Gasteiger partial charge on any atom is 0.236 e. The molecule has 0 spiro atoms. The molecule has 2 heterocycles. The number of nitrogens with zero attached hydrogens (tertiary/aromatic N) is 2. The van der Waals surface area contributed by atoms with Gasteiger partial charge in [0.25, 0.3) is 0 Å². The van der Waals surface area contributed by atoms with Gasteiger partial charge in [0.15, 0.2) is 0 Å². The molecule has 4 nitrogen and oxygen atoms in total. The van der Waals surface area contributed by atoms with Crippen LogP contribution >= 0.6 is 0 Å². The minimum absolute atomic E-state index is 0.198. The van der Waals surface area contributed by atoms with Crippen molar-refractivity contribution in [2.24, 2.45) is 5.92 Å². The first-order valence-corrected chi connectivity index (χ1v) is 7.11. The van der Waals surface area contributed by atoms with E-state index in [1.54, 1.807) is 0 Å². The fourth-order valence-corrected chi connectivity index (χ4v) is 2.92. The standard InChI is InChI=1S/C14H24N2O2/c1-11-4-3-7-16(12(11)2)10-14(18)15-8-5-13(17)6-9-15/h11-12H,3-10H2,1-2H3. The van der Waals surface area contributed by atoms with Gasteiger partial charge in [0, 0.05) is 32.0 Å². The first-order valence-electron chi connectivity index (χ1n) is 7.11. The third-order valence-electron chi connectivity index (χ3n) is 4.52. The van der Waals surface area contributed by atoms with Crippen LogP contribution in [0.2, 0.25) is 0 Å². The smallest absolute Gasteiger partial charge is 0.236 e. The molecule has 0 aromatic rings. The van der Waals surface area contributed by atoms with Gasteiger partial charge in [-0.3, -0.25) is 14.5 Å². The van der Waals surface area contributed by atoms with E-state index in [9.17, 15) is 9.59 Å². The van der Waals surface area contributed by atoms with E-state index >= 15 is 0 Å². The summed E-state index contributed by atoms with van der Waals surface area (Å²) in [6.07, 6.45) is 3.54. The Morgan fingerprint density at radius 1 is 1.22 bits per heavy atom. The number of rotatable bonds is 2. The van der Waals surface area contributed by atoms with E-state index in [1.165, 1.54) is 12.8 Å². The Bertz CT molecular complexity index is 320. The molecule has 2 rings (SSSR count). The molecule has 2 aliphatic heterocycles.